The van der Waals surface area contributed by atoms with Crippen LogP contribution in [0, 0.1) is 0 Å². The Bertz CT molecular complexity index is 631. The number of amides is 3. The Morgan fingerprint density at radius 3 is 2.71 bits per heavy atom. The molecule has 2 rings (SSSR count). The molecule has 0 aliphatic carbocycles. The molecule has 2 N–H and O–H groups in total. The van der Waals surface area contributed by atoms with E-state index in [1.165, 1.54) is 24.3 Å². The minimum Gasteiger partial charge on any atom is -0.383 e. The highest BCUT2D eigenvalue weighted by molar-refractivity contribution is 5.93. The van der Waals surface area contributed by atoms with Gasteiger partial charge in [0.05, 0.1) is 6.61 Å². The molecule has 0 saturated carbocycles. The maximum atomic E-state index is 12.3. The van der Waals surface area contributed by atoms with E-state index >= 15 is 0 Å². The zero-order valence-electron chi connectivity index (χ0n) is 13.4. The summed E-state index contributed by atoms with van der Waals surface area (Å²) in [7, 11) is 1.54. The zero-order valence-corrected chi connectivity index (χ0v) is 13.4. The number of benzene rings is 1. The van der Waals surface area contributed by atoms with Gasteiger partial charge in [0.1, 0.15) is 12.8 Å². The molecule has 1 heterocycles. The Labute approximate surface area is 139 Å². The first-order valence-corrected chi connectivity index (χ1v) is 7.45. The molecule has 0 atom stereocenters. The number of aromatic nitrogens is 1. The van der Waals surface area contributed by atoms with E-state index in [9.17, 15) is 9.59 Å². The summed E-state index contributed by atoms with van der Waals surface area (Å²) in [4.78, 5) is 25.7. The second-order valence-corrected chi connectivity index (χ2v) is 4.99. The lowest BCUT2D eigenvalue weighted by Crippen LogP contribution is -2.45. The first-order valence-electron chi connectivity index (χ1n) is 7.45. The number of nitrogens with zero attached hydrogens (tertiary/aromatic N) is 2. The smallest absolute Gasteiger partial charge is 0.318 e. The molecule has 0 bridgehead atoms. The van der Waals surface area contributed by atoms with Crippen molar-refractivity contribution in [2.75, 3.05) is 32.1 Å². The minimum absolute atomic E-state index is 0.114. The van der Waals surface area contributed by atoms with Crippen LogP contribution in [0.1, 0.15) is 5.56 Å². The minimum atomic E-state index is -0.366. The number of carbonyl (C=O) groups is 2. The van der Waals surface area contributed by atoms with Crippen molar-refractivity contribution in [1.82, 2.24) is 15.4 Å². The average Bonchev–Trinajstić information content (AvgIpc) is 3.10. The van der Waals surface area contributed by atoms with Gasteiger partial charge in [-0.1, -0.05) is 35.5 Å². The van der Waals surface area contributed by atoms with E-state index in [1.54, 1.807) is 0 Å². The summed E-state index contributed by atoms with van der Waals surface area (Å²) in [6, 6.07) is 10.7. The lowest BCUT2D eigenvalue weighted by molar-refractivity contribution is -0.116. The Morgan fingerprint density at radius 2 is 2.04 bits per heavy atom. The number of rotatable bonds is 8. The van der Waals surface area contributed by atoms with Gasteiger partial charge in [-0.3, -0.25) is 4.79 Å². The lowest BCUT2D eigenvalue weighted by Gasteiger charge is -2.22. The highest BCUT2D eigenvalue weighted by atomic mass is 16.5. The van der Waals surface area contributed by atoms with Crippen LogP contribution in [-0.4, -0.2) is 48.8 Å². The molecule has 0 unspecified atom stereocenters. The summed E-state index contributed by atoms with van der Waals surface area (Å²) in [6.45, 7) is 0.893. The van der Waals surface area contributed by atoms with E-state index in [1.807, 2.05) is 30.3 Å². The van der Waals surface area contributed by atoms with Crippen LogP contribution in [0.25, 0.3) is 0 Å². The first-order chi connectivity index (χ1) is 11.7. The van der Waals surface area contributed by atoms with Crippen molar-refractivity contribution >= 4 is 17.8 Å². The van der Waals surface area contributed by atoms with Crippen molar-refractivity contribution in [3.05, 3.63) is 48.2 Å². The van der Waals surface area contributed by atoms with E-state index in [4.69, 9.17) is 4.74 Å². The third-order valence-corrected chi connectivity index (χ3v) is 3.18. The SMILES string of the molecule is COCCN(CC(=O)Nc1ccon1)C(=O)NCc1ccccc1. The maximum absolute atomic E-state index is 12.3. The molecule has 3 amide bonds. The predicted molar refractivity (Wildman–Crippen MR) is 87.3 cm³/mol. The van der Waals surface area contributed by atoms with Crippen molar-refractivity contribution in [3.63, 3.8) is 0 Å². The molecule has 0 saturated heterocycles. The summed E-state index contributed by atoms with van der Waals surface area (Å²) in [5, 5.41) is 8.94. The lowest BCUT2D eigenvalue weighted by atomic mass is 10.2. The normalized spacial score (nSPS) is 10.2. The molecule has 1 aromatic heterocycles. The van der Waals surface area contributed by atoms with Gasteiger partial charge in [-0.15, -0.1) is 0 Å². The summed E-state index contributed by atoms with van der Waals surface area (Å²) >= 11 is 0. The number of urea groups is 1. The van der Waals surface area contributed by atoms with Gasteiger partial charge >= 0.3 is 6.03 Å². The topological polar surface area (TPSA) is 96.7 Å². The van der Waals surface area contributed by atoms with Crippen LogP contribution in [0.3, 0.4) is 0 Å². The number of methoxy groups -OCH3 is 1. The molecule has 24 heavy (non-hydrogen) atoms. The van der Waals surface area contributed by atoms with Crippen LogP contribution in [0.15, 0.2) is 47.2 Å². The molecule has 128 valence electrons. The molecule has 0 fully saturated rings. The van der Waals surface area contributed by atoms with Crippen LogP contribution < -0.4 is 10.6 Å². The van der Waals surface area contributed by atoms with Crippen LogP contribution in [-0.2, 0) is 16.1 Å². The molecule has 8 nitrogen and oxygen atoms in total. The van der Waals surface area contributed by atoms with Crippen molar-refractivity contribution in [2.45, 2.75) is 6.54 Å². The fourth-order valence-corrected chi connectivity index (χ4v) is 1.97. The average molecular weight is 332 g/mol. The van der Waals surface area contributed by atoms with E-state index in [2.05, 4.69) is 20.3 Å². The number of hydrogen-bond donors (Lipinski definition) is 2. The maximum Gasteiger partial charge on any atom is 0.318 e. The predicted octanol–water partition coefficient (Wildman–Crippen LogP) is 1.47. The van der Waals surface area contributed by atoms with E-state index < -0.39 is 0 Å². The molecule has 0 aliphatic rings. The fourth-order valence-electron chi connectivity index (χ4n) is 1.97. The zero-order chi connectivity index (χ0) is 17.2. The van der Waals surface area contributed by atoms with Gasteiger partial charge < -0.3 is 24.8 Å². The van der Waals surface area contributed by atoms with E-state index in [0.29, 0.717) is 25.5 Å². The van der Waals surface area contributed by atoms with E-state index in [0.717, 1.165) is 5.56 Å². The highest BCUT2D eigenvalue weighted by Gasteiger charge is 2.17. The largest absolute Gasteiger partial charge is 0.383 e. The monoisotopic (exact) mass is 332 g/mol. The summed E-state index contributed by atoms with van der Waals surface area (Å²) in [5.74, 6) is -0.0637. The van der Waals surface area contributed by atoms with Gasteiger partial charge in [0, 0.05) is 26.3 Å². The fraction of sp³-hybridized carbons (Fsp3) is 0.312. The number of hydrogen-bond acceptors (Lipinski definition) is 5. The van der Waals surface area contributed by atoms with E-state index in [-0.39, 0.29) is 18.5 Å². The summed E-state index contributed by atoms with van der Waals surface area (Å²) < 4.78 is 9.63. The number of carbonyl (C=O) groups excluding carboxylic acids is 2. The molecular formula is C16H20N4O4. The van der Waals surface area contributed by atoms with Crippen LogP contribution in [0.2, 0.25) is 0 Å². The summed E-state index contributed by atoms with van der Waals surface area (Å²) in [5.41, 5.74) is 0.976. The molecule has 0 spiro atoms. The van der Waals surface area contributed by atoms with Gasteiger partial charge in [0.15, 0.2) is 5.82 Å². The Hall–Kier alpha value is -2.87. The van der Waals surface area contributed by atoms with Gasteiger partial charge in [-0.2, -0.15) is 0 Å². The van der Waals surface area contributed by atoms with Gasteiger partial charge in [0.2, 0.25) is 5.91 Å². The van der Waals surface area contributed by atoms with Crippen molar-refractivity contribution in [2.24, 2.45) is 0 Å². The third-order valence-electron chi connectivity index (χ3n) is 3.18. The van der Waals surface area contributed by atoms with Gasteiger partial charge in [-0.05, 0) is 5.56 Å². The van der Waals surface area contributed by atoms with Crippen molar-refractivity contribution < 1.29 is 18.8 Å². The Kier molecular flexibility index (Phi) is 6.78. The Balaban J connectivity index is 1.88. The number of anilines is 1. The van der Waals surface area contributed by atoms with Crippen LogP contribution in [0.4, 0.5) is 10.6 Å². The first kappa shape index (κ1) is 17.5. The number of ether oxygens (including phenoxy) is 1. The van der Waals surface area contributed by atoms with Crippen LogP contribution >= 0.6 is 0 Å². The molecular weight excluding hydrogens is 312 g/mol. The quantitative estimate of drug-likeness (QED) is 0.763. The second-order valence-electron chi connectivity index (χ2n) is 4.99. The third kappa shape index (κ3) is 5.73. The van der Waals surface area contributed by atoms with Crippen molar-refractivity contribution in [1.29, 1.82) is 0 Å². The molecule has 8 heteroatoms. The second kappa shape index (κ2) is 9.31. The molecule has 0 radical (unpaired) electrons. The highest BCUT2D eigenvalue weighted by Crippen LogP contribution is 2.02. The van der Waals surface area contributed by atoms with Gasteiger partial charge in [0.25, 0.3) is 0 Å². The standard InChI is InChI=1S/C16H20N4O4/c1-23-10-8-20(12-15(21)18-14-7-9-24-19-14)16(22)17-11-13-5-3-2-4-6-13/h2-7,9H,8,10-12H2,1H3,(H,17,22)(H,18,19,21). The van der Waals surface area contributed by atoms with Crippen LogP contribution in [0.5, 0.6) is 0 Å². The summed E-state index contributed by atoms with van der Waals surface area (Å²) in [6.07, 6.45) is 1.35. The molecule has 1 aromatic carbocycles. The van der Waals surface area contributed by atoms with Crippen molar-refractivity contribution in [3.8, 4) is 0 Å². The number of nitrogens with one attached hydrogen (secondary N) is 2. The molecule has 0 aliphatic heterocycles. The Morgan fingerprint density at radius 1 is 1.25 bits per heavy atom. The van der Waals surface area contributed by atoms with Gasteiger partial charge in [-0.25, -0.2) is 4.79 Å². The molecule has 2 aromatic rings.